The Morgan fingerprint density at radius 2 is 0.520 bits per heavy atom. The zero-order chi connectivity index (χ0) is 90.0. The number of hydrogen-bond acceptors (Lipinski definition) is 9. The monoisotopic (exact) mass is 1750 g/mol. The zero-order valence-corrected chi connectivity index (χ0v) is 71.3. The van der Waals surface area contributed by atoms with Gasteiger partial charge in [0.15, 0.2) is 92.2 Å². The van der Waals surface area contributed by atoms with Crippen molar-refractivity contribution in [3.63, 3.8) is 0 Å². The van der Waals surface area contributed by atoms with Crippen LogP contribution in [0, 0.1) is 69.8 Å². The summed E-state index contributed by atoms with van der Waals surface area (Å²) in [6.45, 7) is 17.5. The van der Waals surface area contributed by atoms with Gasteiger partial charge in [0.2, 0.25) is 52.4 Å². The molecule has 22 heteroatoms. The van der Waals surface area contributed by atoms with Crippen molar-refractivity contribution in [2.75, 3.05) is 13.3 Å². The summed E-state index contributed by atoms with van der Waals surface area (Å²) in [5, 5.41) is 0. The van der Waals surface area contributed by atoms with Gasteiger partial charge >= 0.3 is 0 Å². The van der Waals surface area contributed by atoms with E-state index in [0.717, 1.165) is 80.0 Å². The Morgan fingerprint density at radius 3 is 0.811 bits per heavy atom. The van der Waals surface area contributed by atoms with Crippen LogP contribution in [0.3, 0.4) is 0 Å². The van der Waals surface area contributed by atoms with Crippen LogP contribution in [0.5, 0.6) is 74.7 Å². The molecule has 12 aromatic carbocycles. The summed E-state index contributed by atoms with van der Waals surface area (Å²) in [4.78, 5) is 0. The summed E-state index contributed by atoms with van der Waals surface area (Å²) in [6, 6.07) is 50.3. The molecule has 4 aliphatic rings. The number of rotatable bonds is 31. The fourth-order valence-corrected chi connectivity index (χ4v) is 15.3. The Morgan fingerprint density at radius 1 is 0.260 bits per heavy atom. The second-order valence-corrected chi connectivity index (χ2v) is 31.3. The predicted molar refractivity (Wildman–Crippen MR) is 464 cm³/mol. The molecule has 4 aliphatic heterocycles. The van der Waals surface area contributed by atoms with E-state index in [4.69, 9.17) is 42.6 Å². The molecule has 0 saturated carbocycles. The summed E-state index contributed by atoms with van der Waals surface area (Å²) in [6.07, 6.45) is 15.1. The van der Waals surface area contributed by atoms with Gasteiger partial charge in [-0.1, -0.05) is 205 Å². The van der Waals surface area contributed by atoms with Crippen molar-refractivity contribution in [3.05, 3.63) is 371 Å². The number of allylic oxidation sites excluding steroid dienone is 2. The lowest BCUT2D eigenvalue weighted by Gasteiger charge is -2.23. The van der Waals surface area contributed by atoms with Crippen LogP contribution < -0.4 is 42.6 Å². The molecule has 0 N–H and O–H groups in total. The molecule has 9 nitrogen and oxygen atoms in total. The summed E-state index contributed by atoms with van der Waals surface area (Å²) in [5.41, 5.74) is 13.3. The minimum atomic E-state index is -1.21. The van der Waals surface area contributed by atoms with E-state index in [1.165, 1.54) is 52.6 Å². The lowest BCUT2D eigenvalue weighted by molar-refractivity contribution is 0.278. The van der Waals surface area contributed by atoms with Gasteiger partial charge in [-0.25, -0.2) is 13.2 Å². The molecule has 12 aromatic rings. The number of fused-ring (bicyclic) bond motifs is 8. The number of benzene rings is 12. The molecule has 4 heterocycles. The topological polar surface area (TPSA) is 83.1 Å². The van der Waals surface area contributed by atoms with Crippen molar-refractivity contribution >= 4 is 0 Å². The Hall–Kier alpha value is -12.6. The van der Waals surface area contributed by atoms with Crippen LogP contribution in [0.15, 0.2) is 195 Å². The van der Waals surface area contributed by atoms with Gasteiger partial charge in [-0.05, 0) is 163 Å². The lowest BCUT2D eigenvalue weighted by atomic mass is 9.96. The van der Waals surface area contributed by atoms with Gasteiger partial charge in [0.1, 0.15) is 26.4 Å². The Kier molecular flexibility index (Phi) is 31.2. The van der Waals surface area contributed by atoms with Crippen molar-refractivity contribution in [2.24, 2.45) is 0 Å². The van der Waals surface area contributed by atoms with E-state index >= 15 is 0 Å². The first-order valence-electron chi connectivity index (χ1n) is 42.8. The van der Waals surface area contributed by atoms with Crippen molar-refractivity contribution < 1.29 is 99.7 Å². The third-order valence-electron chi connectivity index (χ3n) is 22.0. The SMILES string of the molecule is C=CCCc1ccc(COc2cc3c(c(F)c2F)Oc2c(ccc(CCC)c2F)C3)cc1.C=CCCc1ccc2c(c1F)Oc1c(cc(OCc3ccc(CCC)cc3)c(F)c1F)C2.CCCc1ccc(COc2cc3c(c(F)c2F)Oc2c(ccc(CCCF)c2F)C3)cc1.CCCc1ccc(COc2cc3c(c(F)c2F)Oc2c(ccc(OCC)c2F)C3)cc1. The average molecular weight is 1750 g/mol. The van der Waals surface area contributed by atoms with Crippen LogP contribution in [-0.4, -0.2) is 13.3 Å². The van der Waals surface area contributed by atoms with Crippen molar-refractivity contribution in [1.82, 2.24) is 0 Å². The van der Waals surface area contributed by atoms with Gasteiger partial charge in [0.25, 0.3) is 0 Å². The standard InChI is InChI=1S/2C27H25F3O2.C26H24F4O2.C25H23F3O3/c1-3-5-7-17-8-10-18(11-9-17)16-31-22-15-21-14-20-13-12-19(6-4-2)23(28)26(20)32-27(21)25(30)24(22)29;1-3-5-7-19-12-13-20-14-21-15-22(24(29)25(30)27(21)32-26(20)23(19)28)31-16-18-10-8-17(6-4-2)9-11-18;1-2-4-16-6-8-17(9-7-16)15-31-21-14-20-13-19-11-10-18(5-3-12-27)22(28)25(19)32-26(20)24(30)23(21)29;1-3-5-15-6-8-16(9-7-15)14-30-20-13-18-12-17-10-11-19(29-4-2)22(27)24(17)31-25(18)23(28)21(20)26/h2*3,8-13,15H,1,4-7,14,16H2,2H3;6-11,14H,2-5,12-13,15H2,1H3;6-11,13H,3-5,12,14H2,1-2H3. The van der Waals surface area contributed by atoms with Crippen LogP contribution in [0.4, 0.5) is 57.1 Å². The quantitative estimate of drug-likeness (QED) is 0.0312. The third-order valence-corrected chi connectivity index (χ3v) is 22.0. The van der Waals surface area contributed by atoms with E-state index in [1.807, 2.05) is 110 Å². The number of ether oxygens (including phenoxy) is 9. The Bertz CT molecular complexity index is 5920. The molecule has 0 saturated heterocycles. The highest BCUT2D eigenvalue weighted by Crippen LogP contribution is 2.50. The molecule has 0 atom stereocenters. The van der Waals surface area contributed by atoms with Crippen molar-refractivity contribution in [1.29, 1.82) is 0 Å². The molecule has 0 fully saturated rings. The maximum absolute atomic E-state index is 14.9. The fraction of sp³-hybridized carbons (Fsp3) is 0.276. The first kappa shape index (κ1) is 92.1. The van der Waals surface area contributed by atoms with Crippen LogP contribution in [0.25, 0.3) is 0 Å². The molecule has 127 heavy (non-hydrogen) atoms. The van der Waals surface area contributed by atoms with Crippen LogP contribution in [0.2, 0.25) is 0 Å². The summed E-state index contributed by atoms with van der Waals surface area (Å²) in [5.74, 6) is -14.1. The van der Waals surface area contributed by atoms with Gasteiger partial charge in [-0.3, -0.25) is 4.39 Å². The normalized spacial score (nSPS) is 12.0. The van der Waals surface area contributed by atoms with E-state index < -0.39 is 76.5 Å². The minimum absolute atomic E-state index is 0.00971. The largest absolute Gasteiger partial charge is 0.491 e. The van der Waals surface area contributed by atoms with E-state index in [1.54, 1.807) is 55.5 Å². The zero-order valence-electron chi connectivity index (χ0n) is 71.3. The van der Waals surface area contributed by atoms with Crippen LogP contribution >= 0.6 is 0 Å². The average Bonchev–Trinajstić information content (AvgIpc) is 0.774. The smallest absolute Gasteiger partial charge is 0.207 e. The number of alkyl halides is 1. The molecular formula is C105H97F13O9. The number of hydrogen-bond donors (Lipinski definition) is 0. The second kappa shape index (κ2) is 43.1. The summed E-state index contributed by atoms with van der Waals surface area (Å²) in [7, 11) is 0. The molecule has 0 aromatic heterocycles. The van der Waals surface area contributed by atoms with Gasteiger partial charge < -0.3 is 42.6 Å². The molecular weight excluding hydrogens is 1650 g/mol. The van der Waals surface area contributed by atoms with Gasteiger partial charge in [0.05, 0.1) is 13.3 Å². The Balaban J connectivity index is 0.000000145. The van der Waals surface area contributed by atoms with Crippen LogP contribution in [0.1, 0.15) is 185 Å². The van der Waals surface area contributed by atoms with E-state index in [0.29, 0.717) is 74.9 Å². The molecule has 16 rings (SSSR count). The van der Waals surface area contributed by atoms with Gasteiger partial charge in [0, 0.05) is 70.2 Å². The number of halogens is 13. The second-order valence-electron chi connectivity index (χ2n) is 31.3. The maximum Gasteiger partial charge on any atom is 0.207 e. The highest BCUT2D eigenvalue weighted by atomic mass is 19.2. The van der Waals surface area contributed by atoms with E-state index in [-0.39, 0.29) is 152 Å². The maximum atomic E-state index is 14.9. The number of aryl methyl sites for hydroxylation is 7. The first-order chi connectivity index (χ1) is 61.5. The molecule has 0 unspecified atom stereocenters. The predicted octanol–water partition coefficient (Wildman–Crippen LogP) is 28.9. The highest BCUT2D eigenvalue weighted by molar-refractivity contribution is 5.60. The Labute approximate surface area is 731 Å². The minimum Gasteiger partial charge on any atom is -0.491 e. The summed E-state index contributed by atoms with van der Waals surface area (Å²) >= 11 is 0. The lowest BCUT2D eigenvalue weighted by Crippen LogP contribution is -2.11. The fourth-order valence-electron chi connectivity index (χ4n) is 15.3. The molecule has 0 aliphatic carbocycles. The highest BCUT2D eigenvalue weighted by Gasteiger charge is 2.35. The summed E-state index contributed by atoms with van der Waals surface area (Å²) < 4.78 is 239. The van der Waals surface area contributed by atoms with E-state index in [2.05, 4.69) is 33.9 Å². The van der Waals surface area contributed by atoms with Gasteiger partial charge in [-0.15, -0.1) is 13.2 Å². The van der Waals surface area contributed by atoms with Gasteiger partial charge in [-0.2, -0.15) is 39.5 Å². The van der Waals surface area contributed by atoms with Crippen molar-refractivity contribution in [2.45, 2.75) is 177 Å². The van der Waals surface area contributed by atoms with E-state index in [9.17, 15) is 57.1 Å². The third kappa shape index (κ3) is 21.7. The molecule has 0 bridgehead atoms. The molecule has 0 radical (unpaired) electrons. The van der Waals surface area contributed by atoms with Crippen molar-refractivity contribution in [3.8, 4) is 74.7 Å². The first-order valence-corrected chi connectivity index (χ1v) is 42.8. The van der Waals surface area contributed by atoms with Crippen LogP contribution in [-0.2, 0) is 97.1 Å². The molecule has 662 valence electrons. The molecule has 0 spiro atoms. The molecule has 0 amide bonds.